The van der Waals surface area contributed by atoms with Crippen LogP contribution >= 0.6 is 0 Å². The molecule has 0 aliphatic heterocycles. The van der Waals surface area contributed by atoms with Crippen LogP contribution in [0.5, 0.6) is 0 Å². The van der Waals surface area contributed by atoms with Crippen molar-refractivity contribution in [3.8, 4) is 45.7 Å². The second kappa shape index (κ2) is 17.5. The Bertz CT molecular complexity index is 3360. The third kappa shape index (κ3) is 7.59. The highest BCUT2D eigenvalue weighted by atomic mass is 15.2. The number of para-hydroxylation sites is 4. The smallest absolute Gasteiger partial charge is 0.211 e. The van der Waals surface area contributed by atoms with Crippen LogP contribution in [-0.4, -0.2) is 14.5 Å². The Labute approximate surface area is 388 Å². The first-order valence-corrected chi connectivity index (χ1v) is 22.0. The standard InChI is InChI=1S/C60H39N7/c1-62-56-39-51(55-40-54(42-20-8-2-9-21-42)63-60(64-55)43-22-10-3-11-23-43)44(41-61)36-59(56)67-57-34-32-49(65(45-24-12-4-13-25-45)46-26-14-5-15-27-46)37-52(57)53-38-50(33-35-58(53)67)66(47-28-16-6-17-29-47)48-30-18-7-19-31-48/h2-40H. The summed E-state index contributed by atoms with van der Waals surface area (Å²) < 4.78 is 2.13. The molecule has 11 rings (SSSR count). The molecule has 2 heterocycles. The van der Waals surface area contributed by atoms with Crippen LogP contribution in [0.4, 0.5) is 39.8 Å². The fraction of sp³-hybridized carbons (Fsp3) is 0. The molecule has 67 heavy (non-hydrogen) atoms. The van der Waals surface area contributed by atoms with Crippen molar-refractivity contribution in [3.05, 3.63) is 254 Å². The summed E-state index contributed by atoms with van der Waals surface area (Å²) in [7, 11) is 0. The molecule has 0 amide bonds. The van der Waals surface area contributed by atoms with E-state index < -0.39 is 0 Å². The number of rotatable bonds is 10. The van der Waals surface area contributed by atoms with Crippen LogP contribution in [0.25, 0.3) is 66.2 Å². The van der Waals surface area contributed by atoms with Gasteiger partial charge in [-0.05, 0) is 103 Å². The van der Waals surface area contributed by atoms with E-state index in [-0.39, 0.29) is 0 Å². The minimum atomic E-state index is 0.382. The van der Waals surface area contributed by atoms with E-state index in [1.54, 1.807) is 0 Å². The minimum absolute atomic E-state index is 0.382. The molecule has 11 aromatic rings. The van der Waals surface area contributed by atoms with Crippen LogP contribution in [0.15, 0.2) is 237 Å². The quantitative estimate of drug-likeness (QED) is 0.128. The van der Waals surface area contributed by atoms with Gasteiger partial charge >= 0.3 is 0 Å². The van der Waals surface area contributed by atoms with Crippen molar-refractivity contribution in [1.82, 2.24) is 14.5 Å². The Balaban J connectivity index is 1.15. The van der Waals surface area contributed by atoms with Crippen molar-refractivity contribution in [2.45, 2.75) is 0 Å². The zero-order chi connectivity index (χ0) is 45.1. The molecule has 0 aliphatic rings. The Morgan fingerprint density at radius 3 is 1.28 bits per heavy atom. The van der Waals surface area contributed by atoms with Crippen molar-refractivity contribution >= 4 is 61.6 Å². The highest BCUT2D eigenvalue weighted by molar-refractivity contribution is 6.12. The molecule has 0 fully saturated rings. The van der Waals surface area contributed by atoms with Gasteiger partial charge in [0.25, 0.3) is 0 Å². The second-order valence-electron chi connectivity index (χ2n) is 16.1. The van der Waals surface area contributed by atoms with Gasteiger partial charge in [0.15, 0.2) is 5.82 Å². The number of benzene rings is 9. The van der Waals surface area contributed by atoms with Crippen molar-refractivity contribution < 1.29 is 0 Å². The van der Waals surface area contributed by atoms with E-state index >= 15 is 0 Å². The van der Waals surface area contributed by atoms with Crippen molar-refractivity contribution in [3.63, 3.8) is 0 Å². The predicted molar refractivity (Wildman–Crippen MR) is 273 cm³/mol. The van der Waals surface area contributed by atoms with E-state index in [9.17, 15) is 5.26 Å². The molecule has 0 radical (unpaired) electrons. The topological polar surface area (TPSA) is 65.3 Å². The van der Waals surface area contributed by atoms with Gasteiger partial charge in [-0.25, -0.2) is 14.8 Å². The van der Waals surface area contributed by atoms with Gasteiger partial charge in [-0.1, -0.05) is 133 Å². The SMILES string of the molecule is [C-]#[N+]c1cc(-c2cc(-c3ccccc3)nc(-c3ccccc3)n2)c(C#N)cc1-n1c2ccc(N(c3ccccc3)c3ccccc3)cc2c2cc(N(c3ccccc3)c3ccccc3)ccc21. The van der Waals surface area contributed by atoms with E-state index in [1.807, 2.05) is 103 Å². The first-order valence-electron chi connectivity index (χ1n) is 22.0. The Morgan fingerprint density at radius 2 is 0.851 bits per heavy atom. The summed E-state index contributed by atoms with van der Waals surface area (Å²) in [6.07, 6.45) is 0. The van der Waals surface area contributed by atoms with Crippen LogP contribution in [-0.2, 0) is 0 Å². The second-order valence-corrected chi connectivity index (χ2v) is 16.1. The highest BCUT2D eigenvalue weighted by Gasteiger charge is 2.23. The number of fused-ring (bicyclic) bond motifs is 3. The zero-order valence-electron chi connectivity index (χ0n) is 36.1. The molecule has 7 nitrogen and oxygen atoms in total. The molecule has 0 aliphatic carbocycles. The summed E-state index contributed by atoms with van der Waals surface area (Å²) >= 11 is 0. The first kappa shape index (κ1) is 40.2. The summed E-state index contributed by atoms with van der Waals surface area (Å²) in [5.74, 6) is 0.531. The van der Waals surface area contributed by atoms with E-state index in [0.29, 0.717) is 34.0 Å². The highest BCUT2D eigenvalue weighted by Crippen LogP contribution is 2.45. The lowest BCUT2D eigenvalue weighted by molar-refractivity contribution is 1.17. The summed E-state index contributed by atoms with van der Waals surface area (Å²) in [5, 5.41) is 13.0. The monoisotopic (exact) mass is 857 g/mol. The molecule has 0 saturated carbocycles. The molecule has 0 N–H and O–H groups in total. The molecule has 9 aromatic carbocycles. The average Bonchev–Trinajstić information content (AvgIpc) is 3.73. The maximum Gasteiger partial charge on any atom is 0.211 e. The third-order valence-electron chi connectivity index (χ3n) is 12.0. The lowest BCUT2D eigenvalue weighted by Gasteiger charge is -2.26. The van der Waals surface area contributed by atoms with E-state index in [4.69, 9.17) is 16.5 Å². The summed E-state index contributed by atoms with van der Waals surface area (Å²) in [4.78, 5) is 18.7. The van der Waals surface area contributed by atoms with Gasteiger partial charge in [0.05, 0.1) is 46.3 Å². The van der Waals surface area contributed by atoms with Gasteiger partial charge in [-0.3, -0.25) is 0 Å². The van der Waals surface area contributed by atoms with Crippen molar-refractivity contribution in [2.75, 3.05) is 9.80 Å². The lowest BCUT2D eigenvalue weighted by Crippen LogP contribution is -2.09. The van der Waals surface area contributed by atoms with Gasteiger partial charge in [0.2, 0.25) is 5.69 Å². The van der Waals surface area contributed by atoms with Crippen LogP contribution < -0.4 is 9.80 Å². The van der Waals surface area contributed by atoms with Gasteiger partial charge in [-0.2, -0.15) is 5.26 Å². The van der Waals surface area contributed by atoms with Crippen LogP contribution in [0.3, 0.4) is 0 Å². The Hall–Kier alpha value is -9.56. The molecule has 314 valence electrons. The Morgan fingerprint density at radius 1 is 0.433 bits per heavy atom. The number of nitriles is 1. The van der Waals surface area contributed by atoms with Crippen LogP contribution in [0.1, 0.15) is 5.56 Å². The maximum absolute atomic E-state index is 11.0. The zero-order valence-corrected chi connectivity index (χ0v) is 36.1. The lowest BCUT2D eigenvalue weighted by atomic mass is 10.0. The van der Waals surface area contributed by atoms with Gasteiger partial charge in [0.1, 0.15) is 0 Å². The Kier molecular flexibility index (Phi) is 10.5. The predicted octanol–water partition coefficient (Wildman–Crippen LogP) is 15.9. The number of hydrogen-bond acceptors (Lipinski definition) is 5. The molecular weight excluding hydrogens is 819 g/mol. The average molecular weight is 858 g/mol. The number of aromatic nitrogens is 3. The summed E-state index contributed by atoms with van der Waals surface area (Å²) in [6.45, 7) is 8.69. The molecule has 7 heteroatoms. The molecule has 0 saturated heterocycles. The molecule has 0 bridgehead atoms. The van der Waals surface area contributed by atoms with Crippen molar-refractivity contribution in [1.29, 1.82) is 5.26 Å². The van der Waals surface area contributed by atoms with E-state index in [0.717, 1.165) is 72.8 Å². The van der Waals surface area contributed by atoms with Crippen molar-refractivity contribution in [2.24, 2.45) is 0 Å². The molecule has 0 spiro atoms. The molecule has 2 aromatic heterocycles. The maximum atomic E-state index is 11.0. The molecular formula is C60H39N7. The largest absolute Gasteiger partial charge is 0.319 e. The number of hydrogen-bond donors (Lipinski definition) is 0. The fourth-order valence-electron chi connectivity index (χ4n) is 8.95. The van der Waals surface area contributed by atoms with Gasteiger partial charge in [0, 0.05) is 61.6 Å². The van der Waals surface area contributed by atoms with E-state index in [1.165, 1.54) is 0 Å². The molecule has 0 unspecified atom stereocenters. The molecule has 0 atom stereocenters. The van der Waals surface area contributed by atoms with E-state index in [2.05, 4.69) is 159 Å². The summed E-state index contributed by atoms with van der Waals surface area (Å²) in [6, 6.07) is 82.3. The van der Waals surface area contributed by atoms with Gasteiger partial charge in [-0.15, -0.1) is 0 Å². The first-order chi connectivity index (χ1) is 33.1. The normalized spacial score (nSPS) is 11.0. The van der Waals surface area contributed by atoms with Crippen LogP contribution in [0.2, 0.25) is 0 Å². The van der Waals surface area contributed by atoms with Gasteiger partial charge < -0.3 is 14.4 Å². The number of nitrogens with zero attached hydrogens (tertiary/aromatic N) is 7. The fourth-order valence-corrected chi connectivity index (χ4v) is 8.95. The number of anilines is 6. The third-order valence-corrected chi connectivity index (χ3v) is 12.0. The van der Waals surface area contributed by atoms with Crippen LogP contribution in [0, 0.1) is 17.9 Å². The minimum Gasteiger partial charge on any atom is -0.319 e. The summed E-state index contributed by atoms with van der Waals surface area (Å²) in [5.41, 5.74) is 12.8.